The number of rotatable bonds is 7. The van der Waals surface area contributed by atoms with Crippen molar-refractivity contribution >= 4 is 33.9 Å². The molecule has 0 bridgehead atoms. The SMILES string of the molecule is CN(C)c1ccnc(Nc2ncc(-c3cncc(C(=O)NCCN)c3)s2)c1. The molecule has 27 heavy (non-hydrogen) atoms. The second-order valence-corrected chi connectivity index (χ2v) is 6.99. The van der Waals surface area contributed by atoms with Gasteiger partial charge in [0.15, 0.2) is 5.13 Å². The molecule has 8 nitrogen and oxygen atoms in total. The lowest BCUT2D eigenvalue weighted by molar-refractivity contribution is 0.0954. The molecule has 0 saturated heterocycles. The number of pyridine rings is 2. The molecule has 3 aromatic heterocycles. The van der Waals surface area contributed by atoms with Crippen LogP contribution in [0.15, 0.2) is 43.0 Å². The topological polar surface area (TPSA) is 109 Å². The molecule has 140 valence electrons. The lowest BCUT2D eigenvalue weighted by Crippen LogP contribution is -2.29. The van der Waals surface area contributed by atoms with Gasteiger partial charge in [0.05, 0.1) is 10.4 Å². The number of hydrogen-bond acceptors (Lipinski definition) is 8. The molecule has 9 heteroatoms. The summed E-state index contributed by atoms with van der Waals surface area (Å²) in [5.41, 5.74) is 7.78. The highest BCUT2D eigenvalue weighted by molar-refractivity contribution is 7.18. The number of nitrogens with zero attached hydrogens (tertiary/aromatic N) is 4. The second kappa shape index (κ2) is 8.56. The predicted molar refractivity (Wildman–Crippen MR) is 109 cm³/mol. The van der Waals surface area contributed by atoms with Crippen LogP contribution in [0.3, 0.4) is 0 Å². The van der Waals surface area contributed by atoms with E-state index in [1.165, 1.54) is 17.5 Å². The van der Waals surface area contributed by atoms with Gasteiger partial charge >= 0.3 is 0 Å². The quantitative estimate of drug-likeness (QED) is 0.573. The fourth-order valence-corrected chi connectivity index (χ4v) is 3.13. The number of nitrogens with two attached hydrogens (primary N) is 1. The monoisotopic (exact) mass is 383 g/mol. The molecule has 4 N–H and O–H groups in total. The van der Waals surface area contributed by atoms with Crippen LogP contribution in [0.1, 0.15) is 10.4 Å². The molecule has 0 aliphatic carbocycles. The Hall–Kier alpha value is -3.04. The Labute approximate surface area is 161 Å². The van der Waals surface area contributed by atoms with Crippen molar-refractivity contribution in [1.82, 2.24) is 20.3 Å². The summed E-state index contributed by atoms with van der Waals surface area (Å²) in [5, 5.41) is 6.66. The summed E-state index contributed by atoms with van der Waals surface area (Å²) in [6.45, 7) is 0.822. The maximum atomic E-state index is 12.1. The third kappa shape index (κ3) is 4.78. The molecule has 0 aromatic carbocycles. The number of thiazole rings is 1. The Morgan fingerprint density at radius 1 is 1.22 bits per heavy atom. The Morgan fingerprint density at radius 3 is 2.85 bits per heavy atom. The molecular formula is C18H21N7OS. The molecule has 0 radical (unpaired) electrons. The molecule has 0 aliphatic heterocycles. The standard InChI is InChI=1S/C18H21N7OS/c1-25(2)14-3-5-21-16(8-14)24-18-23-11-15(27-18)12-7-13(10-20-9-12)17(26)22-6-4-19/h3,5,7-11H,4,6,19H2,1-2H3,(H,22,26)(H,21,23,24). The van der Waals surface area contributed by atoms with Crippen LogP contribution in [0.2, 0.25) is 0 Å². The molecule has 0 fully saturated rings. The van der Waals surface area contributed by atoms with Crippen LogP contribution in [0.5, 0.6) is 0 Å². The van der Waals surface area contributed by atoms with Gasteiger partial charge in [0.2, 0.25) is 0 Å². The fourth-order valence-electron chi connectivity index (χ4n) is 2.33. The van der Waals surface area contributed by atoms with E-state index < -0.39 is 0 Å². The minimum absolute atomic E-state index is 0.192. The van der Waals surface area contributed by atoms with Crippen molar-refractivity contribution in [3.05, 3.63) is 48.5 Å². The van der Waals surface area contributed by atoms with Gasteiger partial charge < -0.3 is 21.3 Å². The average Bonchev–Trinajstić information content (AvgIpc) is 3.15. The largest absolute Gasteiger partial charge is 0.378 e. The van der Waals surface area contributed by atoms with Crippen molar-refractivity contribution in [2.45, 2.75) is 0 Å². The van der Waals surface area contributed by atoms with Crippen LogP contribution in [-0.2, 0) is 0 Å². The first-order valence-electron chi connectivity index (χ1n) is 8.36. The Morgan fingerprint density at radius 2 is 2.07 bits per heavy atom. The zero-order valence-electron chi connectivity index (χ0n) is 15.1. The van der Waals surface area contributed by atoms with Gasteiger partial charge in [0.1, 0.15) is 5.82 Å². The minimum Gasteiger partial charge on any atom is -0.378 e. The lowest BCUT2D eigenvalue weighted by atomic mass is 10.2. The first-order valence-corrected chi connectivity index (χ1v) is 9.18. The van der Waals surface area contributed by atoms with E-state index in [1.807, 2.05) is 31.1 Å². The van der Waals surface area contributed by atoms with Gasteiger partial charge in [-0.3, -0.25) is 9.78 Å². The van der Waals surface area contributed by atoms with Crippen LogP contribution in [0.25, 0.3) is 10.4 Å². The molecule has 1 amide bonds. The molecule has 0 aliphatic rings. The van der Waals surface area contributed by atoms with E-state index in [-0.39, 0.29) is 5.91 Å². The number of hydrogen-bond donors (Lipinski definition) is 3. The van der Waals surface area contributed by atoms with Crippen molar-refractivity contribution in [2.75, 3.05) is 37.4 Å². The average molecular weight is 383 g/mol. The normalized spacial score (nSPS) is 10.5. The van der Waals surface area contributed by atoms with Gasteiger partial charge in [-0.1, -0.05) is 11.3 Å². The molecule has 0 atom stereocenters. The summed E-state index contributed by atoms with van der Waals surface area (Å²) in [6.07, 6.45) is 6.75. The van der Waals surface area contributed by atoms with E-state index in [4.69, 9.17) is 5.73 Å². The Balaban J connectivity index is 1.76. The van der Waals surface area contributed by atoms with Gasteiger partial charge in [-0.25, -0.2) is 9.97 Å². The van der Waals surface area contributed by atoms with Gasteiger partial charge in [0.25, 0.3) is 5.91 Å². The van der Waals surface area contributed by atoms with Gasteiger partial charge in [-0.2, -0.15) is 0 Å². The van der Waals surface area contributed by atoms with Crippen molar-refractivity contribution in [3.63, 3.8) is 0 Å². The zero-order valence-corrected chi connectivity index (χ0v) is 16.0. The van der Waals surface area contributed by atoms with Crippen molar-refractivity contribution in [3.8, 4) is 10.4 Å². The predicted octanol–water partition coefficient (Wildman–Crippen LogP) is 2.10. The summed E-state index contributed by atoms with van der Waals surface area (Å²) in [4.78, 5) is 27.9. The Bertz CT molecular complexity index is 925. The molecule has 0 saturated carbocycles. The molecule has 3 aromatic rings. The number of nitrogens with one attached hydrogen (secondary N) is 2. The highest BCUT2D eigenvalue weighted by atomic mass is 32.1. The fraction of sp³-hybridized carbons (Fsp3) is 0.222. The highest BCUT2D eigenvalue weighted by Gasteiger charge is 2.10. The molecule has 0 spiro atoms. The summed E-state index contributed by atoms with van der Waals surface area (Å²) in [7, 11) is 3.95. The zero-order chi connectivity index (χ0) is 19.2. The van der Waals surface area contributed by atoms with Crippen LogP contribution in [-0.4, -0.2) is 48.0 Å². The van der Waals surface area contributed by atoms with Crippen molar-refractivity contribution < 1.29 is 4.79 Å². The van der Waals surface area contributed by atoms with E-state index in [9.17, 15) is 4.79 Å². The smallest absolute Gasteiger partial charge is 0.252 e. The first kappa shape index (κ1) is 18.7. The lowest BCUT2D eigenvalue weighted by Gasteiger charge is -2.12. The summed E-state index contributed by atoms with van der Waals surface area (Å²) in [6, 6.07) is 5.68. The summed E-state index contributed by atoms with van der Waals surface area (Å²) < 4.78 is 0. The maximum Gasteiger partial charge on any atom is 0.252 e. The molecule has 3 heterocycles. The minimum atomic E-state index is -0.192. The van der Waals surface area contributed by atoms with Gasteiger partial charge in [-0.15, -0.1) is 0 Å². The molecule has 3 rings (SSSR count). The maximum absolute atomic E-state index is 12.1. The van der Waals surface area contributed by atoms with Gasteiger partial charge in [-0.05, 0) is 12.1 Å². The van der Waals surface area contributed by atoms with E-state index in [1.54, 1.807) is 24.7 Å². The number of carbonyl (C=O) groups excluding carboxylic acids is 1. The Kier molecular flexibility index (Phi) is 5.94. The number of amides is 1. The van der Waals surface area contributed by atoms with E-state index in [2.05, 4.69) is 25.6 Å². The van der Waals surface area contributed by atoms with Crippen LogP contribution in [0.4, 0.5) is 16.6 Å². The number of carbonyl (C=O) groups is 1. The van der Waals surface area contributed by atoms with Crippen molar-refractivity contribution in [1.29, 1.82) is 0 Å². The van der Waals surface area contributed by atoms with Gasteiger partial charge in [0, 0.05) is 69.3 Å². The number of anilines is 3. The van der Waals surface area contributed by atoms with Crippen LogP contribution < -0.4 is 21.3 Å². The summed E-state index contributed by atoms with van der Waals surface area (Å²) in [5.74, 6) is 0.525. The summed E-state index contributed by atoms with van der Waals surface area (Å²) >= 11 is 1.47. The first-order chi connectivity index (χ1) is 13.1. The molecule has 0 unspecified atom stereocenters. The highest BCUT2D eigenvalue weighted by Crippen LogP contribution is 2.30. The van der Waals surface area contributed by atoms with Crippen molar-refractivity contribution in [2.24, 2.45) is 5.73 Å². The molecular weight excluding hydrogens is 362 g/mol. The van der Waals surface area contributed by atoms with E-state index >= 15 is 0 Å². The third-order valence-electron chi connectivity index (χ3n) is 3.72. The second-order valence-electron chi connectivity index (χ2n) is 5.96. The van der Waals surface area contributed by atoms with Crippen LogP contribution in [0, 0.1) is 0 Å². The number of aromatic nitrogens is 3. The van der Waals surface area contributed by atoms with E-state index in [0.29, 0.717) is 23.8 Å². The third-order valence-corrected chi connectivity index (χ3v) is 4.68. The van der Waals surface area contributed by atoms with Crippen LogP contribution >= 0.6 is 11.3 Å². The van der Waals surface area contributed by atoms with E-state index in [0.717, 1.165) is 21.9 Å².